The van der Waals surface area contributed by atoms with Crippen molar-refractivity contribution in [1.82, 2.24) is 10.6 Å². The van der Waals surface area contributed by atoms with Crippen molar-refractivity contribution in [3.05, 3.63) is 0 Å². The van der Waals surface area contributed by atoms with E-state index in [9.17, 15) is 9.90 Å². The van der Waals surface area contributed by atoms with E-state index in [1.54, 1.807) is 0 Å². The smallest absolute Gasteiger partial charge is 0.239 e. The molecule has 1 aliphatic carbocycles. The molecule has 0 aromatic carbocycles. The second kappa shape index (κ2) is 5.77. The normalized spacial score (nSPS) is 29.7. The number of hydrogen-bond donors (Lipinski definition) is 3. The monoisotopic (exact) mass is 270 g/mol. The highest BCUT2D eigenvalue weighted by Gasteiger charge is 2.37. The molecule has 1 atom stereocenters. The zero-order valence-electron chi connectivity index (χ0n) is 12.0. The van der Waals surface area contributed by atoms with Crippen molar-refractivity contribution < 1.29 is 14.6 Å². The summed E-state index contributed by atoms with van der Waals surface area (Å²) in [5.74, 6) is -0.0713. The zero-order chi connectivity index (χ0) is 13.9. The lowest BCUT2D eigenvalue weighted by Crippen LogP contribution is -2.54. The van der Waals surface area contributed by atoms with E-state index in [-0.39, 0.29) is 11.9 Å². The number of morpholine rings is 1. The number of ether oxygens (including phenoxy) is 1. The Kier molecular flexibility index (Phi) is 4.48. The fourth-order valence-corrected chi connectivity index (χ4v) is 2.68. The molecule has 5 heteroatoms. The fourth-order valence-electron chi connectivity index (χ4n) is 2.68. The summed E-state index contributed by atoms with van der Waals surface area (Å²) in [6.07, 6.45) is 3.53. The van der Waals surface area contributed by atoms with Gasteiger partial charge in [-0.3, -0.25) is 4.79 Å². The first-order valence-electron chi connectivity index (χ1n) is 7.22. The lowest BCUT2D eigenvalue weighted by molar-refractivity contribution is -0.127. The summed E-state index contributed by atoms with van der Waals surface area (Å²) in [5.41, 5.74) is -0.421. The molecule has 0 radical (unpaired) electrons. The molecule has 1 heterocycles. The summed E-state index contributed by atoms with van der Waals surface area (Å²) in [4.78, 5) is 11.9. The van der Waals surface area contributed by atoms with Gasteiger partial charge in [-0.05, 0) is 31.1 Å². The molecule has 2 fully saturated rings. The number of rotatable bonds is 3. The van der Waals surface area contributed by atoms with Gasteiger partial charge >= 0.3 is 0 Å². The van der Waals surface area contributed by atoms with Gasteiger partial charge in [0.1, 0.15) is 6.04 Å². The maximum Gasteiger partial charge on any atom is 0.239 e. The first-order valence-corrected chi connectivity index (χ1v) is 7.22. The Morgan fingerprint density at radius 3 is 2.63 bits per heavy atom. The topological polar surface area (TPSA) is 70.6 Å². The van der Waals surface area contributed by atoms with Gasteiger partial charge in [0.05, 0.1) is 18.8 Å². The molecule has 0 aromatic rings. The standard InChI is InChI=1S/C14H26N2O3/c1-13(2)3-5-14(18,6-4-13)10-16-12(17)11-9-19-8-7-15-11/h11,15,18H,3-10H2,1-2H3,(H,16,17). The quantitative estimate of drug-likeness (QED) is 0.695. The largest absolute Gasteiger partial charge is 0.388 e. The number of carbonyl (C=O) groups is 1. The Morgan fingerprint density at radius 1 is 1.37 bits per heavy atom. The van der Waals surface area contributed by atoms with Gasteiger partial charge in [0.2, 0.25) is 5.91 Å². The van der Waals surface area contributed by atoms with Gasteiger partial charge in [0, 0.05) is 13.1 Å². The van der Waals surface area contributed by atoms with Crippen LogP contribution in [-0.2, 0) is 9.53 Å². The average molecular weight is 270 g/mol. The minimum atomic E-state index is -0.735. The van der Waals surface area contributed by atoms with Crippen LogP contribution in [0.1, 0.15) is 39.5 Å². The molecule has 2 rings (SSSR count). The summed E-state index contributed by atoms with van der Waals surface area (Å²) in [6, 6.07) is -0.280. The predicted molar refractivity (Wildman–Crippen MR) is 72.8 cm³/mol. The summed E-state index contributed by atoms with van der Waals surface area (Å²) in [5, 5.41) is 16.5. The van der Waals surface area contributed by atoms with E-state index < -0.39 is 5.60 Å². The molecule has 0 spiro atoms. The molecule has 1 aliphatic heterocycles. The maximum atomic E-state index is 11.9. The molecule has 1 saturated heterocycles. The number of hydrogen-bond acceptors (Lipinski definition) is 4. The SMILES string of the molecule is CC1(C)CCC(O)(CNC(=O)C2COCCN2)CC1. The van der Waals surface area contributed by atoms with Crippen LogP contribution in [0.25, 0.3) is 0 Å². The van der Waals surface area contributed by atoms with E-state index >= 15 is 0 Å². The Hall–Kier alpha value is -0.650. The van der Waals surface area contributed by atoms with Crippen molar-refractivity contribution in [2.45, 2.75) is 51.2 Å². The summed E-state index contributed by atoms with van der Waals surface area (Å²) < 4.78 is 5.26. The highest BCUT2D eigenvalue weighted by Crippen LogP contribution is 2.39. The lowest BCUT2D eigenvalue weighted by atomic mass is 9.71. The lowest BCUT2D eigenvalue weighted by Gasteiger charge is -2.40. The number of carbonyl (C=O) groups excluding carboxylic acids is 1. The third-order valence-corrected chi connectivity index (χ3v) is 4.36. The Morgan fingerprint density at radius 2 is 2.05 bits per heavy atom. The van der Waals surface area contributed by atoms with Gasteiger partial charge in [-0.25, -0.2) is 0 Å². The molecule has 5 nitrogen and oxygen atoms in total. The van der Waals surface area contributed by atoms with Gasteiger partial charge in [-0.2, -0.15) is 0 Å². The predicted octanol–water partition coefficient (Wildman–Crippen LogP) is 0.422. The Balaban J connectivity index is 1.76. The highest BCUT2D eigenvalue weighted by molar-refractivity contribution is 5.82. The molecule has 110 valence electrons. The van der Waals surface area contributed by atoms with E-state index in [0.29, 0.717) is 31.7 Å². The van der Waals surface area contributed by atoms with Gasteiger partial charge in [0.15, 0.2) is 0 Å². The van der Waals surface area contributed by atoms with E-state index in [1.807, 2.05) is 0 Å². The van der Waals surface area contributed by atoms with Crippen molar-refractivity contribution in [2.75, 3.05) is 26.3 Å². The molecule has 0 bridgehead atoms. The van der Waals surface area contributed by atoms with Gasteiger partial charge in [-0.15, -0.1) is 0 Å². The molecule has 1 amide bonds. The van der Waals surface area contributed by atoms with Crippen LogP contribution >= 0.6 is 0 Å². The molecule has 19 heavy (non-hydrogen) atoms. The van der Waals surface area contributed by atoms with Crippen LogP contribution in [0.2, 0.25) is 0 Å². The number of aliphatic hydroxyl groups is 1. The number of nitrogens with one attached hydrogen (secondary N) is 2. The van der Waals surface area contributed by atoms with Crippen molar-refractivity contribution in [3.63, 3.8) is 0 Å². The minimum Gasteiger partial charge on any atom is -0.388 e. The Bertz CT molecular complexity index is 315. The second-order valence-electron chi connectivity index (χ2n) is 6.69. The molecular formula is C14H26N2O3. The molecule has 1 saturated carbocycles. The van der Waals surface area contributed by atoms with E-state index in [4.69, 9.17) is 4.74 Å². The van der Waals surface area contributed by atoms with Crippen LogP contribution < -0.4 is 10.6 Å². The first kappa shape index (κ1) is 14.8. The fraction of sp³-hybridized carbons (Fsp3) is 0.929. The van der Waals surface area contributed by atoms with Gasteiger partial charge in [0.25, 0.3) is 0 Å². The highest BCUT2D eigenvalue weighted by atomic mass is 16.5. The van der Waals surface area contributed by atoms with E-state index in [1.165, 1.54) is 0 Å². The van der Waals surface area contributed by atoms with E-state index in [2.05, 4.69) is 24.5 Å². The van der Waals surface area contributed by atoms with Crippen molar-refractivity contribution in [3.8, 4) is 0 Å². The van der Waals surface area contributed by atoms with Crippen LogP contribution in [-0.4, -0.2) is 49.0 Å². The van der Waals surface area contributed by atoms with Crippen LogP contribution in [0.5, 0.6) is 0 Å². The Labute approximate surface area is 115 Å². The second-order valence-corrected chi connectivity index (χ2v) is 6.69. The first-order chi connectivity index (χ1) is 8.90. The molecular weight excluding hydrogens is 244 g/mol. The zero-order valence-corrected chi connectivity index (χ0v) is 12.0. The van der Waals surface area contributed by atoms with Crippen LogP contribution in [0.3, 0.4) is 0 Å². The minimum absolute atomic E-state index is 0.0713. The summed E-state index contributed by atoms with van der Waals surface area (Å²) >= 11 is 0. The van der Waals surface area contributed by atoms with Crippen molar-refractivity contribution >= 4 is 5.91 Å². The third kappa shape index (κ3) is 4.16. The summed E-state index contributed by atoms with van der Waals surface area (Å²) in [6.45, 7) is 6.58. The maximum absolute atomic E-state index is 11.9. The van der Waals surface area contributed by atoms with Crippen LogP contribution in [0.15, 0.2) is 0 Å². The van der Waals surface area contributed by atoms with Crippen molar-refractivity contribution in [2.24, 2.45) is 5.41 Å². The number of amides is 1. The molecule has 3 N–H and O–H groups in total. The summed E-state index contributed by atoms with van der Waals surface area (Å²) in [7, 11) is 0. The molecule has 1 unspecified atom stereocenters. The van der Waals surface area contributed by atoms with Crippen molar-refractivity contribution in [1.29, 1.82) is 0 Å². The third-order valence-electron chi connectivity index (χ3n) is 4.36. The molecule has 0 aromatic heterocycles. The van der Waals surface area contributed by atoms with Crippen LogP contribution in [0, 0.1) is 5.41 Å². The van der Waals surface area contributed by atoms with Gasteiger partial charge < -0.3 is 20.5 Å². The van der Waals surface area contributed by atoms with E-state index in [0.717, 1.165) is 25.7 Å². The molecule has 2 aliphatic rings. The van der Waals surface area contributed by atoms with Crippen LogP contribution in [0.4, 0.5) is 0 Å². The van der Waals surface area contributed by atoms with Gasteiger partial charge in [-0.1, -0.05) is 13.8 Å². The average Bonchev–Trinajstić information content (AvgIpc) is 2.41.